The van der Waals surface area contributed by atoms with Gasteiger partial charge in [0.1, 0.15) is 5.82 Å². The number of benzene rings is 1. The molecular formula is C13H16N4. The lowest BCUT2D eigenvalue weighted by molar-refractivity contribution is 0.585. The van der Waals surface area contributed by atoms with Gasteiger partial charge in [-0.3, -0.25) is 4.98 Å². The van der Waals surface area contributed by atoms with Crippen LogP contribution in [-0.4, -0.2) is 36.1 Å². The minimum atomic E-state index is 0.976. The lowest BCUT2D eigenvalue weighted by Gasteiger charge is -2.28. The zero-order chi connectivity index (χ0) is 11.7. The smallest absolute Gasteiger partial charge is 0.147 e. The molecule has 2 heterocycles. The van der Waals surface area contributed by atoms with Crippen LogP contribution in [0.25, 0.3) is 11.0 Å². The number of anilines is 1. The monoisotopic (exact) mass is 228 g/mol. The summed E-state index contributed by atoms with van der Waals surface area (Å²) in [4.78, 5) is 11.4. The van der Waals surface area contributed by atoms with Crippen molar-refractivity contribution in [1.82, 2.24) is 15.3 Å². The number of nitrogens with one attached hydrogen (secondary N) is 1. The van der Waals surface area contributed by atoms with E-state index < -0.39 is 0 Å². The van der Waals surface area contributed by atoms with E-state index in [1.165, 1.54) is 5.56 Å². The Morgan fingerprint density at radius 2 is 2.00 bits per heavy atom. The van der Waals surface area contributed by atoms with Crippen LogP contribution in [0.5, 0.6) is 0 Å². The van der Waals surface area contributed by atoms with Crippen molar-refractivity contribution in [3.05, 3.63) is 30.0 Å². The molecule has 0 atom stereocenters. The lowest BCUT2D eigenvalue weighted by atomic mass is 10.2. The molecule has 4 nitrogen and oxygen atoms in total. The molecular weight excluding hydrogens is 212 g/mol. The average molecular weight is 228 g/mol. The van der Waals surface area contributed by atoms with Crippen LogP contribution in [0.2, 0.25) is 0 Å². The van der Waals surface area contributed by atoms with Crippen LogP contribution in [0.3, 0.4) is 0 Å². The molecule has 0 radical (unpaired) electrons. The third-order valence-corrected chi connectivity index (χ3v) is 3.13. The molecule has 1 aromatic carbocycles. The van der Waals surface area contributed by atoms with Crippen LogP contribution in [0, 0.1) is 6.92 Å². The van der Waals surface area contributed by atoms with Gasteiger partial charge in [0.15, 0.2) is 0 Å². The van der Waals surface area contributed by atoms with Gasteiger partial charge in [-0.05, 0) is 24.6 Å². The zero-order valence-corrected chi connectivity index (χ0v) is 9.98. The second-order valence-corrected chi connectivity index (χ2v) is 4.46. The maximum atomic E-state index is 4.68. The van der Waals surface area contributed by atoms with Crippen LogP contribution in [-0.2, 0) is 0 Å². The van der Waals surface area contributed by atoms with Gasteiger partial charge < -0.3 is 10.2 Å². The maximum absolute atomic E-state index is 4.68. The molecule has 0 aliphatic carbocycles. The van der Waals surface area contributed by atoms with E-state index in [2.05, 4.69) is 39.2 Å². The Hall–Kier alpha value is -1.68. The van der Waals surface area contributed by atoms with E-state index >= 15 is 0 Å². The summed E-state index contributed by atoms with van der Waals surface area (Å²) in [6.07, 6.45) is 1.88. The topological polar surface area (TPSA) is 41.1 Å². The Balaban J connectivity index is 1.98. The van der Waals surface area contributed by atoms with E-state index in [4.69, 9.17) is 0 Å². The largest absolute Gasteiger partial charge is 0.353 e. The highest BCUT2D eigenvalue weighted by Gasteiger charge is 2.12. The summed E-state index contributed by atoms with van der Waals surface area (Å²) >= 11 is 0. The Labute approximate surface area is 101 Å². The minimum Gasteiger partial charge on any atom is -0.353 e. The van der Waals surface area contributed by atoms with Crippen molar-refractivity contribution in [1.29, 1.82) is 0 Å². The minimum absolute atomic E-state index is 0.976. The molecule has 17 heavy (non-hydrogen) atoms. The Kier molecular flexibility index (Phi) is 2.65. The third kappa shape index (κ3) is 2.08. The van der Waals surface area contributed by atoms with Crippen LogP contribution < -0.4 is 10.2 Å². The van der Waals surface area contributed by atoms with Gasteiger partial charge in [0.2, 0.25) is 0 Å². The normalized spacial score (nSPS) is 16.4. The van der Waals surface area contributed by atoms with Crippen LogP contribution in [0.4, 0.5) is 5.82 Å². The van der Waals surface area contributed by atoms with Gasteiger partial charge in [-0.2, -0.15) is 0 Å². The van der Waals surface area contributed by atoms with Gasteiger partial charge in [-0.15, -0.1) is 0 Å². The molecule has 88 valence electrons. The van der Waals surface area contributed by atoms with E-state index in [1.54, 1.807) is 0 Å². The summed E-state index contributed by atoms with van der Waals surface area (Å²) in [5.41, 5.74) is 3.18. The first-order chi connectivity index (χ1) is 8.33. The number of nitrogens with zero attached hydrogens (tertiary/aromatic N) is 3. The number of hydrogen-bond acceptors (Lipinski definition) is 4. The number of hydrogen-bond donors (Lipinski definition) is 1. The molecule has 1 N–H and O–H groups in total. The fourth-order valence-electron chi connectivity index (χ4n) is 2.16. The zero-order valence-electron chi connectivity index (χ0n) is 9.98. The Morgan fingerprint density at radius 3 is 2.82 bits per heavy atom. The Bertz CT molecular complexity index is 532. The fourth-order valence-corrected chi connectivity index (χ4v) is 2.16. The van der Waals surface area contributed by atoms with Crippen LogP contribution in [0.15, 0.2) is 24.4 Å². The fraction of sp³-hybridized carbons (Fsp3) is 0.385. The Morgan fingerprint density at radius 1 is 1.18 bits per heavy atom. The number of piperazine rings is 1. The highest BCUT2D eigenvalue weighted by molar-refractivity contribution is 5.76. The molecule has 3 rings (SSSR count). The summed E-state index contributed by atoms with van der Waals surface area (Å²) in [6, 6.07) is 6.20. The van der Waals surface area contributed by atoms with Crippen molar-refractivity contribution in [2.24, 2.45) is 0 Å². The van der Waals surface area contributed by atoms with E-state index in [0.717, 1.165) is 43.0 Å². The number of fused-ring (bicyclic) bond motifs is 1. The number of aryl methyl sites for hydroxylation is 1. The standard InChI is InChI=1S/C13H16N4/c1-10-2-3-11-12(8-10)15-9-13(16-11)17-6-4-14-5-7-17/h2-3,8-9,14H,4-7H2,1H3. The van der Waals surface area contributed by atoms with E-state index in [0.29, 0.717) is 0 Å². The maximum Gasteiger partial charge on any atom is 0.147 e. The van der Waals surface area contributed by atoms with E-state index in [1.807, 2.05) is 12.3 Å². The van der Waals surface area contributed by atoms with Gasteiger partial charge in [-0.1, -0.05) is 6.07 Å². The van der Waals surface area contributed by atoms with Gasteiger partial charge in [0.25, 0.3) is 0 Å². The lowest BCUT2D eigenvalue weighted by Crippen LogP contribution is -2.43. The summed E-state index contributed by atoms with van der Waals surface area (Å²) in [6.45, 7) is 6.13. The summed E-state index contributed by atoms with van der Waals surface area (Å²) in [5.74, 6) is 0.989. The van der Waals surface area contributed by atoms with Crippen molar-refractivity contribution >= 4 is 16.9 Å². The molecule has 0 saturated carbocycles. The van der Waals surface area contributed by atoms with Gasteiger partial charge in [-0.25, -0.2) is 4.98 Å². The molecule has 0 unspecified atom stereocenters. The van der Waals surface area contributed by atoms with Crippen LogP contribution in [0.1, 0.15) is 5.56 Å². The predicted molar refractivity (Wildman–Crippen MR) is 69.4 cm³/mol. The molecule has 1 saturated heterocycles. The van der Waals surface area contributed by atoms with Gasteiger partial charge in [0.05, 0.1) is 17.2 Å². The predicted octanol–water partition coefficient (Wildman–Crippen LogP) is 1.35. The van der Waals surface area contributed by atoms with Crippen LogP contribution >= 0.6 is 0 Å². The summed E-state index contributed by atoms with van der Waals surface area (Å²) < 4.78 is 0. The van der Waals surface area contributed by atoms with E-state index in [-0.39, 0.29) is 0 Å². The highest BCUT2D eigenvalue weighted by atomic mass is 15.2. The third-order valence-electron chi connectivity index (χ3n) is 3.13. The SMILES string of the molecule is Cc1ccc2nc(N3CCNCC3)cnc2c1. The molecule has 1 aliphatic rings. The average Bonchev–Trinajstić information content (AvgIpc) is 2.39. The molecule has 1 fully saturated rings. The molecule has 1 aromatic heterocycles. The molecule has 0 spiro atoms. The van der Waals surface area contributed by atoms with Crippen molar-refractivity contribution in [3.8, 4) is 0 Å². The summed E-state index contributed by atoms with van der Waals surface area (Å²) in [7, 11) is 0. The molecule has 0 amide bonds. The second kappa shape index (κ2) is 4.30. The number of rotatable bonds is 1. The molecule has 2 aromatic rings. The first-order valence-electron chi connectivity index (χ1n) is 6.02. The van der Waals surface area contributed by atoms with Gasteiger partial charge >= 0.3 is 0 Å². The number of aromatic nitrogens is 2. The van der Waals surface area contributed by atoms with Crippen molar-refractivity contribution in [3.63, 3.8) is 0 Å². The first-order valence-corrected chi connectivity index (χ1v) is 6.02. The second-order valence-electron chi connectivity index (χ2n) is 4.46. The quantitative estimate of drug-likeness (QED) is 0.800. The van der Waals surface area contributed by atoms with Crippen molar-refractivity contribution < 1.29 is 0 Å². The molecule has 0 bridgehead atoms. The molecule has 4 heteroatoms. The van der Waals surface area contributed by atoms with E-state index in [9.17, 15) is 0 Å². The first kappa shape index (κ1) is 10.5. The van der Waals surface area contributed by atoms with Crippen molar-refractivity contribution in [2.75, 3.05) is 31.1 Å². The van der Waals surface area contributed by atoms with Gasteiger partial charge in [0, 0.05) is 26.2 Å². The molecule has 1 aliphatic heterocycles. The summed E-state index contributed by atoms with van der Waals surface area (Å²) in [5, 5.41) is 3.34. The highest BCUT2D eigenvalue weighted by Crippen LogP contribution is 2.16. The van der Waals surface area contributed by atoms with Crippen molar-refractivity contribution in [2.45, 2.75) is 6.92 Å².